The molecule has 15 heavy (non-hydrogen) atoms. The molecular formula is C12H13NO2. The third-order valence-corrected chi connectivity index (χ3v) is 2.70. The second kappa shape index (κ2) is 3.85. The van der Waals surface area contributed by atoms with Gasteiger partial charge in [-0.25, -0.2) is 0 Å². The third-order valence-electron chi connectivity index (χ3n) is 2.70. The maximum Gasteiger partial charge on any atom is 0.236 e. The van der Waals surface area contributed by atoms with Crippen LogP contribution in [0.4, 0.5) is 5.69 Å². The molecular weight excluding hydrogens is 190 g/mol. The molecule has 0 N–H and O–H groups in total. The Morgan fingerprint density at radius 1 is 1.20 bits per heavy atom. The number of carbonyl (C=O) groups excluding carboxylic acids is 2. The van der Waals surface area contributed by atoms with Crippen molar-refractivity contribution in [3.05, 3.63) is 30.3 Å². The van der Waals surface area contributed by atoms with Gasteiger partial charge in [0, 0.05) is 12.3 Å². The van der Waals surface area contributed by atoms with Crippen molar-refractivity contribution in [2.45, 2.75) is 19.8 Å². The summed E-state index contributed by atoms with van der Waals surface area (Å²) in [6.45, 7) is 1.87. The largest absolute Gasteiger partial charge is 0.274 e. The fraction of sp³-hybridized carbons (Fsp3) is 0.333. The summed E-state index contributed by atoms with van der Waals surface area (Å²) in [5.41, 5.74) is 0.680. The van der Waals surface area contributed by atoms with Crippen molar-refractivity contribution in [2.24, 2.45) is 5.92 Å². The predicted octanol–water partition coefficient (Wildman–Crippen LogP) is 1.98. The lowest BCUT2D eigenvalue weighted by molar-refractivity contribution is -0.131. The van der Waals surface area contributed by atoms with Crippen molar-refractivity contribution in [3.63, 3.8) is 0 Å². The number of hydrogen-bond donors (Lipinski definition) is 0. The Balaban J connectivity index is 2.34. The molecule has 0 aliphatic carbocycles. The number of benzene rings is 1. The standard InChI is InChI=1S/C12H13NO2/c1-9-7-8-11(14)13(12(9)15)10-5-3-2-4-6-10/h2-6,9H,7-8H2,1H3. The van der Waals surface area contributed by atoms with Gasteiger partial charge in [-0.2, -0.15) is 0 Å². The predicted molar refractivity (Wildman–Crippen MR) is 57.3 cm³/mol. The minimum atomic E-state index is -0.0932. The van der Waals surface area contributed by atoms with E-state index in [1.165, 1.54) is 4.90 Å². The van der Waals surface area contributed by atoms with Crippen LogP contribution in [0.1, 0.15) is 19.8 Å². The van der Waals surface area contributed by atoms with Crippen LogP contribution < -0.4 is 4.90 Å². The van der Waals surface area contributed by atoms with Gasteiger partial charge < -0.3 is 0 Å². The summed E-state index contributed by atoms with van der Waals surface area (Å²) >= 11 is 0. The van der Waals surface area contributed by atoms with E-state index in [1.807, 2.05) is 25.1 Å². The van der Waals surface area contributed by atoms with Crippen LogP contribution in [-0.2, 0) is 9.59 Å². The van der Waals surface area contributed by atoms with Crippen LogP contribution in [0.5, 0.6) is 0 Å². The third kappa shape index (κ3) is 1.77. The molecule has 0 radical (unpaired) electrons. The molecule has 0 aromatic heterocycles. The number of amides is 2. The maximum absolute atomic E-state index is 11.8. The van der Waals surface area contributed by atoms with Gasteiger partial charge in [0.25, 0.3) is 0 Å². The van der Waals surface area contributed by atoms with Crippen LogP contribution in [0.15, 0.2) is 30.3 Å². The van der Waals surface area contributed by atoms with Crippen LogP contribution in [0.3, 0.4) is 0 Å². The highest BCUT2D eigenvalue weighted by Gasteiger charge is 2.32. The highest BCUT2D eigenvalue weighted by atomic mass is 16.2. The van der Waals surface area contributed by atoms with Crippen molar-refractivity contribution in [1.29, 1.82) is 0 Å². The molecule has 1 unspecified atom stereocenters. The molecule has 78 valence electrons. The Bertz CT molecular complexity index is 386. The van der Waals surface area contributed by atoms with Gasteiger partial charge in [0.2, 0.25) is 11.8 Å². The summed E-state index contributed by atoms with van der Waals surface area (Å²) in [7, 11) is 0. The number of hydrogen-bond acceptors (Lipinski definition) is 2. The summed E-state index contributed by atoms with van der Waals surface area (Å²) in [5.74, 6) is -0.232. The van der Waals surface area contributed by atoms with E-state index < -0.39 is 0 Å². The zero-order valence-corrected chi connectivity index (χ0v) is 8.64. The monoisotopic (exact) mass is 203 g/mol. The van der Waals surface area contributed by atoms with Crippen molar-refractivity contribution in [3.8, 4) is 0 Å². The molecule has 2 amide bonds. The molecule has 1 aliphatic heterocycles. The average molecular weight is 203 g/mol. The van der Waals surface area contributed by atoms with Crippen LogP contribution in [0.2, 0.25) is 0 Å². The van der Waals surface area contributed by atoms with Gasteiger partial charge in [0.05, 0.1) is 5.69 Å². The minimum Gasteiger partial charge on any atom is -0.274 e. The van der Waals surface area contributed by atoms with Crippen LogP contribution in [0, 0.1) is 5.92 Å². The van der Waals surface area contributed by atoms with Gasteiger partial charge in [-0.15, -0.1) is 0 Å². The molecule has 1 aliphatic rings. The summed E-state index contributed by atoms with van der Waals surface area (Å²) in [5, 5.41) is 0. The van der Waals surface area contributed by atoms with Crippen molar-refractivity contribution in [2.75, 3.05) is 4.90 Å². The van der Waals surface area contributed by atoms with Crippen molar-refractivity contribution >= 4 is 17.5 Å². The minimum absolute atomic E-state index is 0.0529. The second-order valence-electron chi connectivity index (χ2n) is 3.84. The first-order chi connectivity index (χ1) is 7.20. The Labute approximate surface area is 88.7 Å². The quantitative estimate of drug-likeness (QED) is 0.654. The molecule has 1 saturated heterocycles. The van der Waals surface area contributed by atoms with Crippen LogP contribution in [-0.4, -0.2) is 11.8 Å². The normalized spacial score (nSPS) is 21.9. The fourth-order valence-corrected chi connectivity index (χ4v) is 1.77. The number of piperidine rings is 1. The molecule has 1 aromatic rings. The molecule has 3 nitrogen and oxygen atoms in total. The number of para-hydroxylation sites is 1. The van der Waals surface area contributed by atoms with Gasteiger partial charge in [-0.05, 0) is 18.6 Å². The number of anilines is 1. The highest BCUT2D eigenvalue weighted by molar-refractivity contribution is 6.17. The average Bonchev–Trinajstić information content (AvgIpc) is 2.26. The van der Waals surface area contributed by atoms with E-state index in [4.69, 9.17) is 0 Å². The smallest absolute Gasteiger partial charge is 0.236 e. The molecule has 0 bridgehead atoms. The van der Waals surface area contributed by atoms with Crippen LogP contribution >= 0.6 is 0 Å². The summed E-state index contributed by atoms with van der Waals surface area (Å²) in [6.07, 6.45) is 1.13. The van der Waals surface area contributed by atoms with Gasteiger partial charge in [-0.1, -0.05) is 25.1 Å². The summed E-state index contributed by atoms with van der Waals surface area (Å²) < 4.78 is 0. The first-order valence-electron chi connectivity index (χ1n) is 5.12. The number of carbonyl (C=O) groups is 2. The lowest BCUT2D eigenvalue weighted by atomic mass is 9.98. The highest BCUT2D eigenvalue weighted by Crippen LogP contribution is 2.24. The van der Waals surface area contributed by atoms with E-state index in [1.54, 1.807) is 12.1 Å². The zero-order chi connectivity index (χ0) is 10.8. The lowest BCUT2D eigenvalue weighted by Gasteiger charge is -2.28. The van der Waals surface area contributed by atoms with E-state index >= 15 is 0 Å². The molecule has 2 rings (SSSR count). The van der Waals surface area contributed by atoms with E-state index in [0.717, 1.165) is 0 Å². The van der Waals surface area contributed by atoms with Gasteiger partial charge in [-0.3, -0.25) is 14.5 Å². The summed E-state index contributed by atoms with van der Waals surface area (Å²) in [6, 6.07) is 9.10. The van der Waals surface area contributed by atoms with E-state index in [0.29, 0.717) is 18.5 Å². The summed E-state index contributed by atoms with van der Waals surface area (Å²) in [4.78, 5) is 24.8. The second-order valence-corrected chi connectivity index (χ2v) is 3.84. The Hall–Kier alpha value is -1.64. The molecule has 1 heterocycles. The molecule has 1 atom stereocenters. The molecule has 1 aromatic carbocycles. The van der Waals surface area contributed by atoms with E-state index in [-0.39, 0.29) is 17.7 Å². The van der Waals surface area contributed by atoms with Gasteiger partial charge in [0.15, 0.2) is 0 Å². The maximum atomic E-state index is 11.8. The SMILES string of the molecule is CC1CCC(=O)N(c2ccccc2)C1=O. The van der Waals surface area contributed by atoms with Crippen molar-refractivity contribution < 1.29 is 9.59 Å². The molecule has 0 saturated carbocycles. The van der Waals surface area contributed by atoms with Gasteiger partial charge in [0.1, 0.15) is 0 Å². The molecule has 3 heteroatoms. The topological polar surface area (TPSA) is 37.4 Å². The first kappa shape index (κ1) is 9.90. The van der Waals surface area contributed by atoms with Crippen LogP contribution in [0.25, 0.3) is 0 Å². The fourth-order valence-electron chi connectivity index (χ4n) is 1.77. The lowest BCUT2D eigenvalue weighted by Crippen LogP contribution is -2.44. The van der Waals surface area contributed by atoms with E-state index in [9.17, 15) is 9.59 Å². The Kier molecular flexibility index (Phi) is 2.54. The zero-order valence-electron chi connectivity index (χ0n) is 8.64. The Morgan fingerprint density at radius 3 is 2.53 bits per heavy atom. The van der Waals surface area contributed by atoms with Crippen molar-refractivity contribution in [1.82, 2.24) is 0 Å². The number of imide groups is 1. The first-order valence-corrected chi connectivity index (χ1v) is 5.12. The molecule has 1 fully saturated rings. The number of nitrogens with zero attached hydrogens (tertiary/aromatic N) is 1. The van der Waals surface area contributed by atoms with E-state index in [2.05, 4.69) is 0 Å². The van der Waals surface area contributed by atoms with Gasteiger partial charge >= 0.3 is 0 Å². The molecule has 0 spiro atoms. The Morgan fingerprint density at radius 2 is 1.87 bits per heavy atom. The number of rotatable bonds is 1.